The normalized spacial score (nSPS) is 13.5. The molecule has 0 aliphatic heterocycles. The van der Waals surface area contributed by atoms with Crippen LogP contribution in [0.4, 0.5) is 4.39 Å². The Morgan fingerprint density at radius 1 is 1.10 bits per heavy atom. The molecular formula is C28H28BFN2O6S. The van der Waals surface area contributed by atoms with Gasteiger partial charge in [0.1, 0.15) is 17.2 Å². The molecule has 1 amide bonds. The first-order valence-electron chi connectivity index (χ1n) is 12.6. The highest BCUT2D eigenvalue weighted by Crippen LogP contribution is 2.45. The summed E-state index contributed by atoms with van der Waals surface area (Å²) in [4.78, 5) is 12.9. The van der Waals surface area contributed by atoms with E-state index in [2.05, 4.69) is 10.0 Å². The number of hydrogen-bond donors (Lipinski definition) is 4. The van der Waals surface area contributed by atoms with Crippen LogP contribution in [0.25, 0.3) is 22.3 Å². The number of sulfonamides is 1. The lowest BCUT2D eigenvalue weighted by molar-refractivity contribution is 0.0964. The first-order chi connectivity index (χ1) is 18.6. The molecule has 1 saturated carbocycles. The highest BCUT2D eigenvalue weighted by Gasteiger charge is 2.31. The van der Waals surface area contributed by atoms with Crippen molar-refractivity contribution in [2.24, 2.45) is 0 Å². The predicted molar refractivity (Wildman–Crippen MR) is 148 cm³/mol. The van der Waals surface area contributed by atoms with Crippen molar-refractivity contribution in [1.82, 2.24) is 10.0 Å². The summed E-state index contributed by atoms with van der Waals surface area (Å²) in [6.45, 7) is 0.143. The van der Waals surface area contributed by atoms with Gasteiger partial charge in [-0.3, -0.25) is 4.79 Å². The van der Waals surface area contributed by atoms with E-state index in [1.165, 1.54) is 31.3 Å². The summed E-state index contributed by atoms with van der Waals surface area (Å²) in [5.41, 5.74) is 3.82. The van der Waals surface area contributed by atoms with E-state index < -0.39 is 23.0 Å². The molecule has 39 heavy (non-hydrogen) atoms. The Balaban J connectivity index is 1.44. The van der Waals surface area contributed by atoms with E-state index in [-0.39, 0.29) is 24.1 Å². The van der Waals surface area contributed by atoms with E-state index in [1.54, 1.807) is 30.3 Å². The zero-order valence-electron chi connectivity index (χ0n) is 21.3. The van der Waals surface area contributed by atoms with Gasteiger partial charge in [0.25, 0.3) is 5.91 Å². The van der Waals surface area contributed by atoms with Crippen LogP contribution in [0.15, 0.2) is 65.1 Å². The topological polar surface area (TPSA) is 129 Å². The molecule has 1 aliphatic carbocycles. The fourth-order valence-corrected chi connectivity index (χ4v) is 5.95. The van der Waals surface area contributed by atoms with Crippen molar-refractivity contribution >= 4 is 39.5 Å². The Labute approximate surface area is 226 Å². The maximum atomic E-state index is 13.5. The van der Waals surface area contributed by atoms with Gasteiger partial charge in [0.05, 0.1) is 11.3 Å². The Morgan fingerprint density at radius 2 is 1.85 bits per heavy atom. The highest BCUT2D eigenvalue weighted by molar-refractivity contribution is 7.88. The molecule has 4 N–H and O–H groups in total. The van der Waals surface area contributed by atoms with Gasteiger partial charge in [-0.25, -0.2) is 17.5 Å². The minimum atomic E-state index is -3.72. The van der Waals surface area contributed by atoms with Gasteiger partial charge in [-0.1, -0.05) is 24.3 Å². The molecule has 5 rings (SSSR count). The molecule has 11 heteroatoms. The number of carbonyl (C=O) groups excluding carboxylic acids is 1. The Hall–Kier alpha value is -3.51. The van der Waals surface area contributed by atoms with Gasteiger partial charge >= 0.3 is 7.12 Å². The van der Waals surface area contributed by atoms with Crippen molar-refractivity contribution < 1.29 is 32.1 Å². The van der Waals surface area contributed by atoms with Crippen molar-refractivity contribution in [1.29, 1.82) is 0 Å². The molecule has 8 nitrogen and oxygen atoms in total. The van der Waals surface area contributed by atoms with Gasteiger partial charge in [-0.05, 0) is 83.7 Å². The SMILES string of the molecule is CNC(=O)c1c(-c2ccc(F)cc2)oc2cc(CS(=O)(=O)NCCc3cccc(B(O)O)c3)c(C3CC3)cc12. The third kappa shape index (κ3) is 6.07. The third-order valence-electron chi connectivity index (χ3n) is 6.86. The van der Waals surface area contributed by atoms with Gasteiger partial charge in [0.15, 0.2) is 0 Å². The number of hydrogen-bond acceptors (Lipinski definition) is 6. The molecule has 1 heterocycles. The fraction of sp³-hybridized carbons (Fsp3) is 0.250. The van der Waals surface area contributed by atoms with Crippen molar-refractivity contribution in [2.75, 3.05) is 13.6 Å². The summed E-state index contributed by atoms with van der Waals surface area (Å²) in [7, 11) is -3.79. The van der Waals surface area contributed by atoms with Crippen LogP contribution >= 0.6 is 0 Å². The molecule has 0 bridgehead atoms. The Bertz CT molecular complexity index is 1630. The summed E-state index contributed by atoms with van der Waals surface area (Å²) in [6, 6.07) is 15.9. The van der Waals surface area contributed by atoms with E-state index in [4.69, 9.17) is 4.42 Å². The third-order valence-corrected chi connectivity index (χ3v) is 8.19. The Kier molecular flexibility index (Phi) is 7.59. The number of nitrogens with one attached hydrogen (secondary N) is 2. The van der Waals surface area contributed by atoms with Crippen molar-refractivity contribution in [3.63, 3.8) is 0 Å². The highest BCUT2D eigenvalue weighted by atomic mass is 32.2. The maximum absolute atomic E-state index is 13.5. The van der Waals surface area contributed by atoms with Crippen molar-refractivity contribution in [3.05, 3.63) is 88.7 Å². The van der Waals surface area contributed by atoms with E-state index in [0.717, 1.165) is 24.0 Å². The Morgan fingerprint density at radius 3 is 2.51 bits per heavy atom. The quantitative estimate of drug-likeness (QED) is 0.225. The van der Waals surface area contributed by atoms with Gasteiger partial charge in [0, 0.05) is 24.5 Å². The number of furan rings is 1. The molecule has 1 fully saturated rings. The smallest absolute Gasteiger partial charge is 0.455 e. The van der Waals surface area contributed by atoms with Crippen LogP contribution in [-0.4, -0.2) is 45.1 Å². The van der Waals surface area contributed by atoms with E-state index in [1.807, 2.05) is 6.07 Å². The van der Waals surface area contributed by atoms with Gasteiger partial charge in [-0.2, -0.15) is 0 Å². The summed E-state index contributed by atoms with van der Waals surface area (Å²) >= 11 is 0. The lowest BCUT2D eigenvalue weighted by Gasteiger charge is -2.12. The monoisotopic (exact) mass is 550 g/mol. The van der Waals surface area contributed by atoms with Gasteiger partial charge in [0.2, 0.25) is 10.0 Å². The zero-order valence-corrected chi connectivity index (χ0v) is 22.1. The molecule has 0 atom stereocenters. The maximum Gasteiger partial charge on any atom is 0.488 e. The second-order valence-electron chi connectivity index (χ2n) is 9.74. The van der Waals surface area contributed by atoms with Crippen molar-refractivity contribution in [3.8, 4) is 11.3 Å². The van der Waals surface area contributed by atoms with E-state index >= 15 is 0 Å². The minimum absolute atomic E-state index is 0.143. The van der Waals surface area contributed by atoms with Crippen LogP contribution in [-0.2, 0) is 22.2 Å². The van der Waals surface area contributed by atoms with E-state index in [0.29, 0.717) is 45.3 Å². The molecule has 202 valence electrons. The number of fused-ring (bicyclic) bond motifs is 1. The first kappa shape index (κ1) is 27.1. The second-order valence-corrected chi connectivity index (χ2v) is 11.5. The zero-order chi connectivity index (χ0) is 27.7. The molecule has 4 aromatic rings. The lowest BCUT2D eigenvalue weighted by atomic mass is 9.79. The molecule has 0 saturated heterocycles. The number of benzene rings is 3. The molecule has 1 aromatic heterocycles. The van der Waals surface area contributed by atoms with E-state index in [9.17, 15) is 27.7 Å². The minimum Gasteiger partial charge on any atom is -0.455 e. The van der Waals surface area contributed by atoms with Crippen molar-refractivity contribution in [2.45, 2.75) is 30.9 Å². The first-order valence-corrected chi connectivity index (χ1v) is 14.3. The number of amides is 1. The van der Waals surface area contributed by atoms with Gasteiger partial charge < -0.3 is 19.8 Å². The largest absolute Gasteiger partial charge is 0.488 e. The van der Waals surface area contributed by atoms with Crippen LogP contribution < -0.4 is 15.5 Å². The molecule has 0 unspecified atom stereocenters. The standard InChI is InChI=1S/C28H28BFN2O6S/c1-31-28(33)26-24-15-23(18-5-6-18)20(14-25(24)38-27(26)19-7-9-22(30)10-8-19)16-39(36,37)32-12-11-17-3-2-4-21(13-17)29(34)35/h2-4,7-10,13-15,18,32,34-35H,5-6,11-12,16H2,1H3,(H,31,33). The average molecular weight is 550 g/mol. The van der Waals surface area contributed by atoms with Crippen LogP contribution in [0, 0.1) is 5.82 Å². The fourth-order valence-electron chi connectivity index (χ4n) is 4.77. The van der Waals surface area contributed by atoms with Crippen LogP contribution in [0.5, 0.6) is 0 Å². The molecule has 0 radical (unpaired) electrons. The summed E-state index contributed by atoms with van der Waals surface area (Å²) in [6.07, 6.45) is 2.23. The average Bonchev–Trinajstić information content (AvgIpc) is 3.68. The van der Waals surface area contributed by atoms with Crippen LogP contribution in [0.1, 0.15) is 45.8 Å². The molecule has 3 aromatic carbocycles. The summed E-state index contributed by atoms with van der Waals surface area (Å²) < 4.78 is 48.4. The lowest BCUT2D eigenvalue weighted by Crippen LogP contribution is -2.31. The summed E-state index contributed by atoms with van der Waals surface area (Å²) in [5, 5.41) is 21.9. The predicted octanol–water partition coefficient (Wildman–Crippen LogP) is 2.82. The van der Waals surface area contributed by atoms with Crippen LogP contribution in [0.3, 0.4) is 0 Å². The number of halogens is 1. The summed E-state index contributed by atoms with van der Waals surface area (Å²) in [5.74, 6) is -0.527. The molecular weight excluding hydrogens is 522 g/mol. The second kappa shape index (κ2) is 10.9. The van der Waals surface area contributed by atoms with Gasteiger partial charge in [-0.15, -0.1) is 0 Å². The molecule has 1 aliphatic rings. The number of rotatable bonds is 10. The van der Waals surface area contributed by atoms with Crippen LogP contribution in [0.2, 0.25) is 0 Å². The molecule has 0 spiro atoms. The number of carbonyl (C=O) groups is 1.